The fourth-order valence-corrected chi connectivity index (χ4v) is 1.87. The van der Waals surface area contributed by atoms with Crippen LogP contribution in [0, 0.1) is 19.9 Å². The summed E-state index contributed by atoms with van der Waals surface area (Å²) in [6, 6.07) is 7.47. The number of nitrogens with zero attached hydrogens (tertiary/aromatic N) is 2. The smallest absolute Gasteiger partial charge is 0.0748 e. The topological polar surface area (TPSA) is 25.8 Å². The predicted molar refractivity (Wildman–Crippen MR) is 74.5 cm³/mol. The molecule has 103 valence electrons. The van der Waals surface area contributed by atoms with Gasteiger partial charge in [0.2, 0.25) is 0 Å². The van der Waals surface area contributed by atoms with E-state index in [0.717, 1.165) is 22.5 Å². The van der Waals surface area contributed by atoms with Crippen LogP contribution in [-0.2, 0) is 25.5 Å². The normalized spacial score (nSPS) is 11.0. The van der Waals surface area contributed by atoms with Crippen molar-refractivity contribution in [3.63, 3.8) is 0 Å². The molecular formula is C16H19IrN2-. The number of hydrogen-bond acceptors (Lipinski definition) is 2. The first-order valence-corrected chi connectivity index (χ1v) is 6.20. The van der Waals surface area contributed by atoms with Crippen LogP contribution in [0.2, 0.25) is 0 Å². The summed E-state index contributed by atoms with van der Waals surface area (Å²) in [5.74, 6) is 0.745. The molecule has 0 saturated heterocycles. The molecule has 1 aromatic heterocycles. The third-order valence-corrected chi connectivity index (χ3v) is 2.91. The van der Waals surface area contributed by atoms with Gasteiger partial charge >= 0.3 is 0 Å². The van der Waals surface area contributed by atoms with E-state index < -0.39 is 0 Å². The van der Waals surface area contributed by atoms with Gasteiger partial charge in [0, 0.05) is 32.5 Å². The molecule has 0 aliphatic heterocycles. The van der Waals surface area contributed by atoms with E-state index in [4.69, 9.17) is 0 Å². The fourth-order valence-electron chi connectivity index (χ4n) is 1.87. The molecule has 0 saturated carbocycles. The Morgan fingerprint density at radius 2 is 1.58 bits per heavy atom. The van der Waals surface area contributed by atoms with Crippen molar-refractivity contribution in [3.05, 3.63) is 47.3 Å². The van der Waals surface area contributed by atoms with Crippen LogP contribution < -0.4 is 0 Å². The Hall–Kier alpha value is -1.05. The second-order valence-corrected chi connectivity index (χ2v) is 5.80. The zero-order valence-electron chi connectivity index (χ0n) is 12.0. The average molecular weight is 432 g/mol. The molecule has 0 atom stereocenters. The maximum Gasteiger partial charge on any atom is 0.0748 e. The Labute approximate surface area is 129 Å². The molecule has 0 bridgehead atoms. The van der Waals surface area contributed by atoms with Crippen molar-refractivity contribution in [1.29, 1.82) is 0 Å². The molecule has 2 rings (SSSR count). The molecular weight excluding hydrogens is 412 g/mol. The molecule has 19 heavy (non-hydrogen) atoms. The maximum atomic E-state index is 4.46. The molecule has 0 N–H and O–H groups in total. The summed E-state index contributed by atoms with van der Waals surface area (Å²) in [5.41, 5.74) is 4.53. The summed E-state index contributed by atoms with van der Waals surface area (Å²) in [5, 5.41) is 0. The second-order valence-electron chi connectivity index (χ2n) is 5.80. The SMILES string of the molecule is Cc1[c-]c(-c2ncc(C(C)(C)C)cn2)cc(C)c1.[Ir]. The molecule has 0 aliphatic carbocycles. The quantitative estimate of drug-likeness (QED) is 0.641. The van der Waals surface area contributed by atoms with Crippen molar-refractivity contribution in [1.82, 2.24) is 9.97 Å². The van der Waals surface area contributed by atoms with Crippen molar-refractivity contribution in [2.75, 3.05) is 0 Å². The third kappa shape index (κ3) is 3.95. The van der Waals surface area contributed by atoms with Gasteiger partial charge in [0.05, 0.1) is 5.82 Å². The van der Waals surface area contributed by atoms with Crippen LogP contribution in [0.1, 0.15) is 37.5 Å². The van der Waals surface area contributed by atoms with Crippen LogP contribution in [0.3, 0.4) is 0 Å². The molecule has 0 fully saturated rings. The molecule has 2 nitrogen and oxygen atoms in total. The van der Waals surface area contributed by atoms with Gasteiger partial charge in [0.1, 0.15) is 0 Å². The molecule has 1 aromatic carbocycles. The minimum absolute atomic E-state index is 0. The van der Waals surface area contributed by atoms with Crippen LogP contribution in [0.4, 0.5) is 0 Å². The summed E-state index contributed by atoms with van der Waals surface area (Å²) in [6.45, 7) is 10.6. The average Bonchev–Trinajstić information content (AvgIpc) is 2.27. The molecule has 0 unspecified atom stereocenters. The summed E-state index contributed by atoms with van der Waals surface area (Å²) < 4.78 is 0. The van der Waals surface area contributed by atoms with Crippen molar-refractivity contribution < 1.29 is 20.1 Å². The molecule has 0 amide bonds. The molecule has 0 spiro atoms. The standard InChI is InChI=1S/C16H19N2.Ir/c1-11-6-12(2)8-13(7-11)15-17-9-14(10-18-15)16(3,4)5;/h6-7,9-10H,1-5H3;/q-1;. The number of hydrogen-bond donors (Lipinski definition) is 0. The minimum Gasteiger partial charge on any atom is -0.285 e. The Bertz CT molecular complexity index is 534. The van der Waals surface area contributed by atoms with Crippen LogP contribution in [0.25, 0.3) is 11.4 Å². The first kappa shape index (κ1) is 16.0. The van der Waals surface area contributed by atoms with E-state index in [2.05, 4.69) is 55.9 Å². The Morgan fingerprint density at radius 3 is 2.05 bits per heavy atom. The monoisotopic (exact) mass is 432 g/mol. The van der Waals surface area contributed by atoms with Crippen molar-refractivity contribution in [3.8, 4) is 11.4 Å². The molecule has 1 radical (unpaired) electrons. The van der Waals surface area contributed by atoms with Gasteiger partial charge in [-0.3, -0.25) is 9.97 Å². The van der Waals surface area contributed by atoms with Crippen LogP contribution >= 0.6 is 0 Å². The van der Waals surface area contributed by atoms with E-state index in [9.17, 15) is 0 Å². The van der Waals surface area contributed by atoms with E-state index >= 15 is 0 Å². The predicted octanol–water partition coefficient (Wildman–Crippen LogP) is 3.86. The minimum atomic E-state index is 0. The Morgan fingerprint density at radius 1 is 1.00 bits per heavy atom. The zero-order valence-corrected chi connectivity index (χ0v) is 14.4. The summed E-state index contributed by atoms with van der Waals surface area (Å²) in [7, 11) is 0. The van der Waals surface area contributed by atoms with Gasteiger partial charge in [0.25, 0.3) is 0 Å². The van der Waals surface area contributed by atoms with E-state index in [-0.39, 0.29) is 25.5 Å². The number of aryl methyl sites for hydroxylation is 2. The van der Waals surface area contributed by atoms with Gasteiger partial charge in [-0.25, -0.2) is 0 Å². The summed E-state index contributed by atoms with van der Waals surface area (Å²) in [4.78, 5) is 8.91. The maximum absolute atomic E-state index is 4.46. The number of rotatable bonds is 1. The molecule has 0 aliphatic rings. The van der Waals surface area contributed by atoms with Gasteiger partial charge in [0.15, 0.2) is 0 Å². The first-order chi connectivity index (χ1) is 8.36. The largest absolute Gasteiger partial charge is 0.285 e. The van der Waals surface area contributed by atoms with E-state index in [1.807, 2.05) is 19.3 Å². The number of aromatic nitrogens is 2. The molecule has 1 heterocycles. The van der Waals surface area contributed by atoms with Gasteiger partial charge in [-0.2, -0.15) is 0 Å². The van der Waals surface area contributed by atoms with Gasteiger partial charge in [-0.05, 0) is 11.0 Å². The molecule has 2 aromatic rings. The molecule has 3 heteroatoms. The van der Waals surface area contributed by atoms with E-state index in [0.29, 0.717) is 0 Å². The van der Waals surface area contributed by atoms with Crippen molar-refractivity contribution in [2.45, 2.75) is 40.0 Å². The Kier molecular flexibility index (Phi) is 5.00. The second kappa shape index (κ2) is 5.94. The van der Waals surface area contributed by atoms with E-state index in [1.54, 1.807) is 0 Å². The fraction of sp³-hybridized carbons (Fsp3) is 0.375. The van der Waals surface area contributed by atoms with Gasteiger partial charge in [-0.1, -0.05) is 34.6 Å². The van der Waals surface area contributed by atoms with Crippen LogP contribution in [0.5, 0.6) is 0 Å². The first-order valence-electron chi connectivity index (χ1n) is 6.20. The van der Waals surface area contributed by atoms with Crippen LogP contribution in [0.15, 0.2) is 24.5 Å². The van der Waals surface area contributed by atoms with Crippen LogP contribution in [-0.4, -0.2) is 9.97 Å². The van der Waals surface area contributed by atoms with Gasteiger partial charge in [-0.15, -0.1) is 34.9 Å². The summed E-state index contributed by atoms with van der Waals surface area (Å²) in [6.07, 6.45) is 3.82. The Balaban J connectivity index is 0.00000180. The van der Waals surface area contributed by atoms with Crippen molar-refractivity contribution >= 4 is 0 Å². The summed E-state index contributed by atoms with van der Waals surface area (Å²) >= 11 is 0. The zero-order chi connectivity index (χ0) is 13.3. The van der Waals surface area contributed by atoms with Gasteiger partial charge < -0.3 is 0 Å². The number of benzene rings is 1. The van der Waals surface area contributed by atoms with E-state index in [1.165, 1.54) is 5.56 Å². The third-order valence-electron chi connectivity index (χ3n) is 2.91. The van der Waals surface area contributed by atoms with Crippen molar-refractivity contribution in [2.24, 2.45) is 0 Å².